The van der Waals surface area contributed by atoms with E-state index in [-0.39, 0.29) is 52.7 Å². The Morgan fingerprint density at radius 1 is 0.552 bits per heavy atom. The van der Waals surface area contributed by atoms with Gasteiger partial charge in [-0.05, 0) is 143 Å². The monoisotopic (exact) mass is 917 g/mol. The molecule has 2 aliphatic carbocycles. The highest BCUT2D eigenvalue weighted by Crippen LogP contribution is 2.39. The summed E-state index contributed by atoms with van der Waals surface area (Å²) in [5, 5.41) is 15.2. The van der Waals surface area contributed by atoms with Crippen LogP contribution in [0.1, 0.15) is 202 Å². The second kappa shape index (κ2) is 21.2. The number of aliphatic hydroxyl groups excluding tert-OH is 1. The Hall–Kier alpha value is -4.14. The van der Waals surface area contributed by atoms with Crippen molar-refractivity contribution in [1.29, 1.82) is 0 Å². The molecule has 7 rings (SSSR count). The third kappa shape index (κ3) is 13.1. The normalized spacial score (nSPS) is 16.9. The summed E-state index contributed by atoms with van der Waals surface area (Å²) in [5.41, 5.74) is 13.8. The van der Waals surface area contributed by atoms with Gasteiger partial charge in [-0.25, -0.2) is 0 Å². The number of hydrogen-bond acceptors (Lipinski definition) is 4. The van der Waals surface area contributed by atoms with Crippen LogP contribution < -0.4 is 10.6 Å². The fraction of sp³-hybridized carbons (Fsp3) is 0.627. The van der Waals surface area contributed by atoms with Crippen molar-refractivity contribution in [2.45, 2.75) is 202 Å². The molecule has 368 valence electrons. The standard InChI is InChI=1S/C30H44N2O2.C29H44N2O2/c1-20-26(28(33)31-25-18-34-19-25)16-27(32(20)17-21-11-9-8-10-12-21)22-13-23(29(2,3)4)15-24(14-22)30(5,6)7;1-20-25(27(33)30-13-14-32)18-26(31(20)19-21-11-9-8-10-12-21)22-15-23(28(2,3)4)17-24(16-22)29(5,6)7/h13-16,21,25H,8-12,17-19H2,1-7H3,(H,31,33);15-18,21,32H,8-14,19H2,1-7H3,(H,30,33). The molecule has 1 aliphatic heterocycles. The highest BCUT2D eigenvalue weighted by atomic mass is 16.5. The van der Waals surface area contributed by atoms with Crippen LogP contribution in [-0.4, -0.2) is 58.5 Å². The Kier molecular flexibility index (Phi) is 16.6. The summed E-state index contributed by atoms with van der Waals surface area (Å²) in [7, 11) is 0. The largest absolute Gasteiger partial charge is 0.395 e. The van der Waals surface area contributed by atoms with E-state index in [4.69, 9.17) is 4.74 Å². The first-order valence-corrected chi connectivity index (χ1v) is 25.9. The van der Waals surface area contributed by atoms with E-state index in [0.717, 1.165) is 35.7 Å². The number of aromatic nitrogens is 2. The van der Waals surface area contributed by atoms with Crippen LogP contribution in [0.2, 0.25) is 0 Å². The Balaban J connectivity index is 0.000000221. The molecule has 2 aromatic carbocycles. The summed E-state index contributed by atoms with van der Waals surface area (Å²) >= 11 is 0. The van der Waals surface area contributed by atoms with Gasteiger partial charge < -0.3 is 29.6 Å². The average Bonchev–Trinajstić information content (AvgIpc) is 3.75. The highest BCUT2D eigenvalue weighted by Gasteiger charge is 2.29. The number of nitrogens with one attached hydrogen (secondary N) is 2. The van der Waals surface area contributed by atoms with E-state index < -0.39 is 0 Å². The first-order valence-electron chi connectivity index (χ1n) is 25.9. The van der Waals surface area contributed by atoms with Crippen molar-refractivity contribution in [1.82, 2.24) is 19.8 Å². The number of benzene rings is 2. The van der Waals surface area contributed by atoms with Crippen LogP contribution in [0.5, 0.6) is 0 Å². The molecule has 1 saturated heterocycles. The lowest BCUT2D eigenvalue weighted by Crippen LogP contribution is -2.48. The van der Waals surface area contributed by atoms with Crippen LogP contribution in [0.4, 0.5) is 0 Å². The maximum absolute atomic E-state index is 13.2. The molecule has 2 saturated carbocycles. The van der Waals surface area contributed by atoms with E-state index in [2.05, 4.69) is 165 Å². The number of rotatable bonds is 11. The van der Waals surface area contributed by atoms with E-state index in [9.17, 15) is 14.7 Å². The minimum absolute atomic E-state index is 0.0254. The highest BCUT2D eigenvalue weighted by molar-refractivity contribution is 5.98. The van der Waals surface area contributed by atoms with Crippen molar-refractivity contribution in [2.24, 2.45) is 11.8 Å². The van der Waals surface area contributed by atoms with Crippen molar-refractivity contribution in [3.8, 4) is 22.5 Å². The molecule has 3 fully saturated rings. The Labute approximate surface area is 405 Å². The molecule has 67 heavy (non-hydrogen) atoms. The molecule has 2 amide bonds. The lowest BCUT2D eigenvalue weighted by Gasteiger charge is -2.27. The molecule has 0 unspecified atom stereocenters. The molecular weight excluding hydrogens is 829 g/mol. The molecule has 0 atom stereocenters. The molecule has 8 nitrogen and oxygen atoms in total. The molecule has 3 N–H and O–H groups in total. The zero-order valence-electron chi connectivity index (χ0n) is 44.2. The van der Waals surface area contributed by atoms with Crippen LogP contribution in [0.3, 0.4) is 0 Å². The van der Waals surface area contributed by atoms with Crippen molar-refractivity contribution in [3.63, 3.8) is 0 Å². The van der Waals surface area contributed by atoms with E-state index in [1.807, 2.05) is 0 Å². The smallest absolute Gasteiger partial charge is 0.253 e. The van der Waals surface area contributed by atoms with Gasteiger partial charge in [-0.3, -0.25) is 9.59 Å². The number of carbonyl (C=O) groups excluding carboxylic acids is 2. The molecular formula is C59H88N4O4. The van der Waals surface area contributed by atoms with Gasteiger partial charge in [0.25, 0.3) is 11.8 Å². The van der Waals surface area contributed by atoms with E-state index >= 15 is 0 Å². The minimum atomic E-state index is -0.104. The maximum atomic E-state index is 13.2. The number of ether oxygens (including phenoxy) is 1. The number of carbonyl (C=O) groups is 2. The average molecular weight is 917 g/mol. The van der Waals surface area contributed by atoms with Gasteiger partial charge in [0, 0.05) is 42.4 Å². The van der Waals surface area contributed by atoms with E-state index in [0.29, 0.717) is 30.6 Å². The zero-order chi connectivity index (χ0) is 49.1. The van der Waals surface area contributed by atoms with Gasteiger partial charge in [0.1, 0.15) is 0 Å². The summed E-state index contributed by atoms with van der Waals surface area (Å²) in [6.45, 7) is 34.9. The van der Waals surface area contributed by atoms with Crippen LogP contribution in [0, 0.1) is 25.7 Å². The van der Waals surface area contributed by atoms with Crippen LogP contribution >= 0.6 is 0 Å². The first-order chi connectivity index (χ1) is 31.3. The van der Waals surface area contributed by atoms with Crippen LogP contribution in [-0.2, 0) is 39.5 Å². The van der Waals surface area contributed by atoms with Crippen molar-refractivity contribution >= 4 is 11.8 Å². The predicted octanol–water partition coefficient (Wildman–Crippen LogP) is 13.1. The summed E-state index contributed by atoms with van der Waals surface area (Å²) in [6, 6.07) is 18.4. The fourth-order valence-electron chi connectivity index (χ4n) is 10.1. The van der Waals surface area contributed by atoms with Gasteiger partial charge >= 0.3 is 0 Å². The first kappa shape index (κ1) is 52.2. The molecule has 0 spiro atoms. The third-order valence-corrected chi connectivity index (χ3v) is 14.8. The summed E-state index contributed by atoms with van der Waals surface area (Å²) in [6.07, 6.45) is 13.0. The van der Waals surface area contributed by atoms with Gasteiger partial charge in [0.15, 0.2) is 0 Å². The Bertz CT molecular complexity index is 2250. The Morgan fingerprint density at radius 3 is 1.22 bits per heavy atom. The predicted molar refractivity (Wildman–Crippen MR) is 279 cm³/mol. The quantitative estimate of drug-likeness (QED) is 0.140. The molecule has 0 bridgehead atoms. The number of hydrogen-bond donors (Lipinski definition) is 3. The molecule has 8 heteroatoms. The van der Waals surface area contributed by atoms with Crippen LogP contribution in [0.25, 0.3) is 22.5 Å². The van der Waals surface area contributed by atoms with Crippen molar-refractivity contribution in [3.05, 3.63) is 93.3 Å². The van der Waals surface area contributed by atoms with Gasteiger partial charge in [0.05, 0.1) is 37.0 Å². The minimum Gasteiger partial charge on any atom is -0.395 e. The maximum Gasteiger partial charge on any atom is 0.253 e. The van der Waals surface area contributed by atoms with Crippen LogP contribution in [0.15, 0.2) is 48.5 Å². The van der Waals surface area contributed by atoms with E-state index in [1.165, 1.54) is 103 Å². The van der Waals surface area contributed by atoms with Gasteiger partial charge in [-0.15, -0.1) is 0 Å². The molecule has 0 radical (unpaired) electrons. The summed E-state index contributed by atoms with van der Waals surface area (Å²) in [5.74, 6) is 1.26. The Morgan fingerprint density at radius 2 is 0.910 bits per heavy atom. The van der Waals surface area contributed by atoms with Gasteiger partial charge in [0.2, 0.25) is 0 Å². The SMILES string of the molecule is Cc1c(C(=O)NC2COC2)cc(-c2cc(C(C)(C)C)cc(C(C)(C)C)c2)n1CC1CCCCC1.Cc1c(C(=O)NCCO)cc(-c2cc(C(C)(C)C)cc(C(C)(C)C)c2)n1CC1CCCCC1. The molecule has 3 aliphatic rings. The third-order valence-electron chi connectivity index (χ3n) is 14.8. The summed E-state index contributed by atoms with van der Waals surface area (Å²) < 4.78 is 10.1. The fourth-order valence-corrected chi connectivity index (χ4v) is 10.1. The lowest BCUT2D eigenvalue weighted by molar-refractivity contribution is -0.00347. The second-order valence-corrected chi connectivity index (χ2v) is 24.6. The number of aliphatic hydroxyl groups is 1. The number of nitrogens with zero attached hydrogens (tertiary/aromatic N) is 2. The number of amides is 2. The molecule has 4 aromatic rings. The van der Waals surface area contributed by atoms with Crippen molar-refractivity contribution < 1.29 is 19.4 Å². The topological polar surface area (TPSA) is 97.5 Å². The molecule has 2 aromatic heterocycles. The van der Waals surface area contributed by atoms with E-state index in [1.54, 1.807) is 0 Å². The lowest BCUT2D eigenvalue weighted by atomic mass is 9.79. The molecule has 3 heterocycles. The van der Waals surface area contributed by atoms with Crippen molar-refractivity contribution in [2.75, 3.05) is 26.4 Å². The van der Waals surface area contributed by atoms with Gasteiger partial charge in [-0.1, -0.05) is 134 Å². The summed E-state index contributed by atoms with van der Waals surface area (Å²) in [4.78, 5) is 26.2. The van der Waals surface area contributed by atoms with Gasteiger partial charge in [-0.2, -0.15) is 0 Å². The zero-order valence-corrected chi connectivity index (χ0v) is 44.2. The second-order valence-electron chi connectivity index (χ2n) is 24.6.